The second-order valence-corrected chi connectivity index (χ2v) is 3.03. The van der Waals surface area contributed by atoms with Gasteiger partial charge < -0.3 is 23.6 Å². The number of carbonyl (C=O) groups is 1. The Bertz CT molecular complexity index is 314. The van der Waals surface area contributed by atoms with E-state index in [0.29, 0.717) is 12.1 Å². The molecule has 4 nitrogen and oxygen atoms in total. The quantitative estimate of drug-likeness (QED) is 0.683. The molecule has 0 aliphatic rings. The average molecular weight is 297 g/mol. The Kier molecular flexibility index (Phi) is 9.73. The van der Waals surface area contributed by atoms with Gasteiger partial charge in [0, 0.05) is 32.7 Å². The van der Waals surface area contributed by atoms with Gasteiger partial charge in [0.2, 0.25) is 0 Å². The molecule has 0 bridgehead atoms. The van der Waals surface area contributed by atoms with E-state index in [9.17, 15) is 4.79 Å². The maximum absolute atomic E-state index is 11.0. The van der Waals surface area contributed by atoms with Gasteiger partial charge in [0.05, 0.1) is 7.11 Å². The SMILES string of the molecule is COC(=O)C(N)Cc1ccc([NH-])cc1.[CH3-].[Y]. The van der Waals surface area contributed by atoms with Crippen LogP contribution in [0.2, 0.25) is 0 Å². The van der Waals surface area contributed by atoms with E-state index in [4.69, 9.17) is 11.5 Å². The van der Waals surface area contributed by atoms with Crippen molar-refractivity contribution < 1.29 is 42.2 Å². The Balaban J connectivity index is 0. The van der Waals surface area contributed by atoms with Crippen LogP contribution in [-0.4, -0.2) is 19.1 Å². The van der Waals surface area contributed by atoms with Crippen molar-refractivity contribution >= 4 is 11.7 Å². The zero-order chi connectivity index (χ0) is 10.6. The Hall–Kier alpha value is -0.446. The Morgan fingerprint density at radius 2 is 1.94 bits per heavy atom. The molecule has 16 heavy (non-hydrogen) atoms. The topological polar surface area (TPSA) is 76.1 Å². The van der Waals surface area contributed by atoms with Crippen LogP contribution in [0.15, 0.2) is 24.3 Å². The second kappa shape index (κ2) is 8.68. The van der Waals surface area contributed by atoms with Crippen LogP contribution >= 0.6 is 0 Å². The summed E-state index contributed by atoms with van der Waals surface area (Å²) >= 11 is 0. The third-order valence-corrected chi connectivity index (χ3v) is 1.91. The molecule has 0 aliphatic carbocycles. The van der Waals surface area contributed by atoms with Gasteiger partial charge in [-0.1, -0.05) is 24.3 Å². The molecule has 0 heterocycles. The first-order valence-corrected chi connectivity index (χ1v) is 4.27. The van der Waals surface area contributed by atoms with Gasteiger partial charge in [0.15, 0.2) is 0 Å². The van der Waals surface area contributed by atoms with Crippen molar-refractivity contribution in [2.75, 3.05) is 7.11 Å². The van der Waals surface area contributed by atoms with Crippen LogP contribution in [0.1, 0.15) is 5.56 Å². The van der Waals surface area contributed by atoms with Gasteiger partial charge >= 0.3 is 5.97 Å². The molecule has 0 aliphatic heterocycles. The van der Waals surface area contributed by atoms with Crippen molar-refractivity contribution in [2.24, 2.45) is 5.73 Å². The molecule has 0 amide bonds. The number of methoxy groups -OCH3 is 1. The average Bonchev–Trinajstić information content (AvgIpc) is 2.20. The number of ether oxygens (including phenoxy) is 1. The van der Waals surface area contributed by atoms with Gasteiger partial charge in [-0.05, 0) is 12.0 Å². The summed E-state index contributed by atoms with van der Waals surface area (Å²) in [4.78, 5) is 11.0. The molecule has 1 atom stereocenters. The van der Waals surface area contributed by atoms with E-state index in [1.165, 1.54) is 7.11 Å². The number of rotatable bonds is 3. The maximum Gasteiger partial charge on any atom is 0.322 e. The second-order valence-electron chi connectivity index (χ2n) is 3.03. The van der Waals surface area contributed by atoms with E-state index in [-0.39, 0.29) is 40.1 Å². The Labute approximate surface area is 122 Å². The number of benzene rings is 1. The van der Waals surface area contributed by atoms with Crippen LogP contribution < -0.4 is 5.73 Å². The van der Waals surface area contributed by atoms with Crippen LogP contribution in [-0.2, 0) is 48.7 Å². The third kappa shape index (κ3) is 5.59. The normalized spacial score (nSPS) is 10.6. The Morgan fingerprint density at radius 3 is 2.38 bits per heavy atom. The van der Waals surface area contributed by atoms with Crippen molar-refractivity contribution in [3.8, 4) is 0 Å². The minimum absolute atomic E-state index is 0. The summed E-state index contributed by atoms with van der Waals surface area (Å²) < 4.78 is 4.51. The molecule has 5 heteroatoms. The van der Waals surface area contributed by atoms with Gasteiger partial charge in [-0.25, -0.2) is 0 Å². The molecular weight excluding hydrogens is 281 g/mol. The van der Waals surface area contributed by atoms with Gasteiger partial charge in [-0.2, -0.15) is 0 Å². The first kappa shape index (κ1) is 17.9. The number of nitrogens with two attached hydrogens (primary N) is 1. The van der Waals surface area contributed by atoms with Crippen LogP contribution in [0.5, 0.6) is 0 Å². The molecule has 1 unspecified atom stereocenters. The van der Waals surface area contributed by atoms with E-state index in [1.807, 2.05) is 0 Å². The molecule has 3 N–H and O–H groups in total. The summed E-state index contributed by atoms with van der Waals surface area (Å²) in [6.07, 6.45) is 0.437. The molecule has 0 saturated heterocycles. The van der Waals surface area contributed by atoms with Crippen molar-refractivity contribution in [3.63, 3.8) is 0 Å². The third-order valence-electron chi connectivity index (χ3n) is 1.91. The fraction of sp³-hybridized carbons (Fsp3) is 0.273. The van der Waals surface area contributed by atoms with Gasteiger partial charge in [0.1, 0.15) is 6.04 Å². The summed E-state index contributed by atoms with van der Waals surface area (Å²) in [5.41, 5.74) is 14.2. The van der Waals surface area contributed by atoms with Crippen LogP contribution in [0.25, 0.3) is 5.73 Å². The zero-order valence-corrected chi connectivity index (χ0v) is 12.4. The molecule has 0 saturated carbocycles. The molecule has 1 aromatic carbocycles. The predicted octanol–water partition coefficient (Wildman–Crippen LogP) is 1.86. The van der Waals surface area contributed by atoms with Crippen LogP contribution in [0.3, 0.4) is 0 Å². The van der Waals surface area contributed by atoms with Crippen LogP contribution in [0.4, 0.5) is 5.69 Å². The van der Waals surface area contributed by atoms with Gasteiger partial charge in [0.25, 0.3) is 0 Å². The molecular formula is C11H16N2O2Y-2. The molecule has 0 fully saturated rings. The van der Waals surface area contributed by atoms with Crippen molar-refractivity contribution in [1.29, 1.82) is 0 Å². The predicted molar refractivity (Wildman–Crippen MR) is 60.5 cm³/mol. The standard InChI is InChI=1S/C10H13N2O2.CH3.Y/c1-14-10(13)9(12)6-7-2-4-8(11)5-3-7;;/h2-5,9,11H,6,12H2,1H3;1H3;/q2*-1;. The van der Waals surface area contributed by atoms with E-state index >= 15 is 0 Å². The smallest absolute Gasteiger partial charge is 0.322 e. The first-order chi connectivity index (χ1) is 6.63. The van der Waals surface area contributed by atoms with Crippen molar-refractivity contribution in [2.45, 2.75) is 12.5 Å². The van der Waals surface area contributed by atoms with E-state index in [0.717, 1.165) is 5.56 Å². The van der Waals surface area contributed by atoms with E-state index in [2.05, 4.69) is 4.74 Å². The maximum atomic E-state index is 11.0. The fourth-order valence-corrected chi connectivity index (χ4v) is 1.13. The number of carbonyl (C=O) groups excluding carboxylic acids is 1. The number of nitrogens with one attached hydrogen (secondary N) is 1. The minimum atomic E-state index is -0.628. The summed E-state index contributed by atoms with van der Waals surface area (Å²) in [5, 5.41) is 0. The molecule has 87 valence electrons. The van der Waals surface area contributed by atoms with Crippen molar-refractivity contribution in [3.05, 3.63) is 43.0 Å². The van der Waals surface area contributed by atoms with Gasteiger partial charge in [-0.15, -0.1) is 5.69 Å². The largest absolute Gasteiger partial charge is 0.699 e. The molecule has 0 aromatic heterocycles. The number of esters is 1. The van der Waals surface area contributed by atoms with E-state index < -0.39 is 12.0 Å². The molecule has 1 radical (unpaired) electrons. The fourth-order valence-electron chi connectivity index (χ4n) is 1.13. The molecule has 1 rings (SSSR count). The van der Waals surface area contributed by atoms with E-state index in [1.54, 1.807) is 24.3 Å². The number of hydrogen-bond acceptors (Lipinski definition) is 3. The zero-order valence-electron chi connectivity index (χ0n) is 9.57. The summed E-state index contributed by atoms with van der Waals surface area (Å²) in [7, 11) is 1.31. The molecule has 0 spiro atoms. The summed E-state index contributed by atoms with van der Waals surface area (Å²) in [5.74, 6) is -0.417. The van der Waals surface area contributed by atoms with Gasteiger partial charge in [-0.3, -0.25) is 4.79 Å². The van der Waals surface area contributed by atoms with Crippen LogP contribution in [0, 0.1) is 7.43 Å². The van der Waals surface area contributed by atoms with Crippen molar-refractivity contribution in [1.82, 2.24) is 0 Å². The number of hydrogen-bond donors (Lipinski definition) is 1. The molecule has 1 aromatic rings. The minimum Gasteiger partial charge on any atom is -0.699 e. The Morgan fingerprint density at radius 1 is 1.44 bits per heavy atom. The summed E-state index contributed by atoms with van der Waals surface area (Å²) in [6, 6.07) is 6.27. The monoisotopic (exact) mass is 297 g/mol. The first-order valence-electron chi connectivity index (χ1n) is 4.27. The summed E-state index contributed by atoms with van der Waals surface area (Å²) in [6.45, 7) is 0.